The van der Waals surface area contributed by atoms with E-state index in [4.69, 9.17) is 11.5 Å². The molecule has 1 aromatic rings. The van der Waals surface area contributed by atoms with Crippen molar-refractivity contribution in [3.8, 4) is 0 Å². The second-order valence-corrected chi connectivity index (χ2v) is 3.59. The molecular formula is C10H18N6O. The smallest absolute Gasteiger partial charge is 0.220 e. The Bertz CT molecular complexity index is 355. The first-order valence-corrected chi connectivity index (χ1v) is 5.48. The van der Waals surface area contributed by atoms with E-state index in [0.717, 1.165) is 12.1 Å². The SMILES string of the molecule is NC(N)=NCCCC(=O)NCCc1cnc[nH]1. The average Bonchev–Trinajstić information content (AvgIpc) is 2.77. The first kappa shape index (κ1) is 13.0. The zero-order chi connectivity index (χ0) is 12.5. The number of aliphatic imine (C=N–C) groups is 1. The van der Waals surface area contributed by atoms with Crippen LogP contribution in [0.3, 0.4) is 0 Å². The van der Waals surface area contributed by atoms with E-state index in [1.165, 1.54) is 0 Å². The van der Waals surface area contributed by atoms with Gasteiger partial charge in [0.25, 0.3) is 0 Å². The molecule has 1 aromatic heterocycles. The Labute approximate surface area is 99.7 Å². The lowest BCUT2D eigenvalue weighted by Gasteiger charge is -2.03. The van der Waals surface area contributed by atoms with Gasteiger partial charge >= 0.3 is 0 Å². The normalized spacial score (nSPS) is 9.88. The number of amides is 1. The van der Waals surface area contributed by atoms with Crippen LogP contribution in [0.4, 0.5) is 0 Å². The molecule has 0 saturated carbocycles. The summed E-state index contributed by atoms with van der Waals surface area (Å²) in [5, 5.41) is 2.81. The molecule has 0 aliphatic heterocycles. The van der Waals surface area contributed by atoms with E-state index in [1.54, 1.807) is 12.5 Å². The number of nitrogens with zero attached hydrogens (tertiary/aromatic N) is 2. The number of nitrogens with one attached hydrogen (secondary N) is 2. The number of nitrogens with two attached hydrogens (primary N) is 2. The Morgan fingerprint density at radius 2 is 2.35 bits per heavy atom. The van der Waals surface area contributed by atoms with Crippen LogP contribution < -0.4 is 16.8 Å². The third-order valence-corrected chi connectivity index (χ3v) is 2.13. The quantitative estimate of drug-likeness (QED) is 0.280. The molecule has 94 valence electrons. The van der Waals surface area contributed by atoms with Gasteiger partial charge in [-0.05, 0) is 6.42 Å². The van der Waals surface area contributed by atoms with Crippen LogP contribution >= 0.6 is 0 Å². The van der Waals surface area contributed by atoms with Crippen molar-refractivity contribution in [2.24, 2.45) is 16.5 Å². The van der Waals surface area contributed by atoms with E-state index in [-0.39, 0.29) is 11.9 Å². The van der Waals surface area contributed by atoms with E-state index >= 15 is 0 Å². The number of H-pyrrole nitrogens is 1. The Morgan fingerprint density at radius 1 is 1.53 bits per heavy atom. The number of carbonyl (C=O) groups is 1. The molecule has 7 heteroatoms. The maximum Gasteiger partial charge on any atom is 0.220 e. The molecule has 7 nitrogen and oxygen atoms in total. The summed E-state index contributed by atoms with van der Waals surface area (Å²) in [5.41, 5.74) is 11.3. The lowest BCUT2D eigenvalue weighted by molar-refractivity contribution is -0.121. The van der Waals surface area contributed by atoms with Gasteiger partial charge in [-0.1, -0.05) is 0 Å². The number of hydrogen-bond acceptors (Lipinski definition) is 3. The minimum atomic E-state index is 0.00954. The van der Waals surface area contributed by atoms with Gasteiger partial charge in [0.05, 0.1) is 6.33 Å². The van der Waals surface area contributed by atoms with Crippen molar-refractivity contribution < 1.29 is 4.79 Å². The van der Waals surface area contributed by atoms with Gasteiger partial charge in [-0.25, -0.2) is 4.98 Å². The number of guanidine groups is 1. The maximum absolute atomic E-state index is 11.4. The molecule has 0 atom stereocenters. The molecule has 0 aromatic carbocycles. The third-order valence-electron chi connectivity index (χ3n) is 2.13. The second-order valence-electron chi connectivity index (χ2n) is 3.59. The largest absolute Gasteiger partial charge is 0.370 e. The van der Waals surface area contributed by atoms with E-state index in [1.807, 2.05) is 0 Å². The molecule has 17 heavy (non-hydrogen) atoms. The summed E-state index contributed by atoms with van der Waals surface area (Å²) in [7, 11) is 0. The highest BCUT2D eigenvalue weighted by Crippen LogP contribution is 1.92. The van der Waals surface area contributed by atoms with Crippen molar-refractivity contribution in [1.82, 2.24) is 15.3 Å². The fraction of sp³-hybridized carbons (Fsp3) is 0.500. The van der Waals surface area contributed by atoms with Gasteiger partial charge in [0.15, 0.2) is 5.96 Å². The molecule has 0 fully saturated rings. The summed E-state index contributed by atoms with van der Waals surface area (Å²) in [4.78, 5) is 22.0. The Kier molecular flexibility index (Phi) is 5.56. The van der Waals surface area contributed by atoms with E-state index in [9.17, 15) is 4.79 Å². The summed E-state index contributed by atoms with van der Waals surface area (Å²) >= 11 is 0. The number of hydrogen-bond donors (Lipinski definition) is 4. The molecule has 0 saturated heterocycles. The van der Waals surface area contributed by atoms with Crippen molar-refractivity contribution in [1.29, 1.82) is 0 Å². The molecule has 0 spiro atoms. The Balaban J connectivity index is 2.03. The predicted molar refractivity (Wildman–Crippen MR) is 65.2 cm³/mol. The van der Waals surface area contributed by atoms with Crippen molar-refractivity contribution in [3.05, 3.63) is 18.2 Å². The van der Waals surface area contributed by atoms with Crippen molar-refractivity contribution in [2.45, 2.75) is 19.3 Å². The van der Waals surface area contributed by atoms with Crippen LogP contribution in [0, 0.1) is 0 Å². The van der Waals surface area contributed by atoms with Crippen LogP contribution in [-0.2, 0) is 11.2 Å². The van der Waals surface area contributed by atoms with Crippen LogP contribution in [0.2, 0.25) is 0 Å². The fourth-order valence-electron chi connectivity index (χ4n) is 1.29. The number of carbonyl (C=O) groups excluding carboxylic acids is 1. The minimum Gasteiger partial charge on any atom is -0.370 e. The van der Waals surface area contributed by atoms with E-state index in [2.05, 4.69) is 20.3 Å². The molecular weight excluding hydrogens is 220 g/mol. The zero-order valence-electron chi connectivity index (χ0n) is 9.65. The monoisotopic (exact) mass is 238 g/mol. The Morgan fingerprint density at radius 3 is 3.00 bits per heavy atom. The summed E-state index contributed by atoms with van der Waals surface area (Å²) in [6.45, 7) is 1.08. The van der Waals surface area contributed by atoms with Gasteiger partial charge in [-0.3, -0.25) is 9.79 Å². The summed E-state index contributed by atoms with van der Waals surface area (Å²) < 4.78 is 0. The molecule has 1 rings (SSSR count). The van der Waals surface area contributed by atoms with E-state index in [0.29, 0.717) is 25.9 Å². The molecule has 0 unspecified atom stereocenters. The van der Waals surface area contributed by atoms with Crippen molar-refractivity contribution >= 4 is 11.9 Å². The second kappa shape index (κ2) is 7.26. The lowest BCUT2D eigenvalue weighted by Crippen LogP contribution is -2.26. The van der Waals surface area contributed by atoms with Gasteiger partial charge in [-0.15, -0.1) is 0 Å². The van der Waals surface area contributed by atoms with Crippen LogP contribution in [0.15, 0.2) is 17.5 Å². The van der Waals surface area contributed by atoms with Gasteiger partial charge < -0.3 is 21.8 Å². The highest BCUT2D eigenvalue weighted by Gasteiger charge is 2.00. The van der Waals surface area contributed by atoms with Crippen LogP contribution in [0.1, 0.15) is 18.5 Å². The van der Waals surface area contributed by atoms with E-state index < -0.39 is 0 Å². The zero-order valence-corrected chi connectivity index (χ0v) is 9.65. The van der Waals surface area contributed by atoms with Crippen LogP contribution in [0.5, 0.6) is 0 Å². The van der Waals surface area contributed by atoms with Gasteiger partial charge in [-0.2, -0.15) is 0 Å². The average molecular weight is 238 g/mol. The molecule has 1 amide bonds. The predicted octanol–water partition coefficient (Wildman–Crippen LogP) is -0.878. The molecule has 0 bridgehead atoms. The topological polar surface area (TPSA) is 122 Å². The lowest BCUT2D eigenvalue weighted by atomic mass is 10.3. The number of aromatic amines is 1. The highest BCUT2D eigenvalue weighted by molar-refractivity contribution is 5.76. The van der Waals surface area contributed by atoms with Gasteiger partial charge in [0, 0.05) is 37.8 Å². The Hall–Kier alpha value is -2.05. The first-order valence-electron chi connectivity index (χ1n) is 5.48. The van der Waals surface area contributed by atoms with Crippen molar-refractivity contribution in [2.75, 3.05) is 13.1 Å². The molecule has 0 radical (unpaired) electrons. The molecule has 0 aliphatic rings. The number of imidazole rings is 1. The van der Waals surface area contributed by atoms with Gasteiger partial charge in [0.2, 0.25) is 5.91 Å². The molecule has 0 aliphatic carbocycles. The maximum atomic E-state index is 11.4. The minimum absolute atomic E-state index is 0.00954. The van der Waals surface area contributed by atoms with Crippen LogP contribution in [-0.4, -0.2) is 34.9 Å². The molecule has 6 N–H and O–H groups in total. The summed E-state index contributed by atoms with van der Waals surface area (Å²) in [5.74, 6) is 0.0694. The van der Waals surface area contributed by atoms with Crippen molar-refractivity contribution in [3.63, 3.8) is 0 Å². The fourth-order valence-corrected chi connectivity index (χ4v) is 1.29. The highest BCUT2D eigenvalue weighted by atomic mass is 16.1. The summed E-state index contributed by atoms with van der Waals surface area (Å²) in [6.07, 6.45) is 5.18. The standard InChI is InChI=1S/C10H18N6O/c11-10(12)15-4-1-2-9(17)14-5-3-8-6-13-7-16-8/h6-7H,1-5H2,(H,13,16)(H,14,17)(H4,11,12,15). The number of aromatic nitrogens is 2. The number of rotatable bonds is 7. The van der Waals surface area contributed by atoms with Gasteiger partial charge in [0.1, 0.15) is 0 Å². The summed E-state index contributed by atoms with van der Waals surface area (Å²) in [6, 6.07) is 0. The first-order chi connectivity index (χ1) is 8.18. The van der Waals surface area contributed by atoms with Crippen LogP contribution in [0.25, 0.3) is 0 Å². The third kappa shape index (κ3) is 6.18. The molecule has 1 heterocycles.